The number of anilines is 2. The molecule has 4 rings (SSSR count). The minimum absolute atomic E-state index is 0.403. The fourth-order valence-corrected chi connectivity index (χ4v) is 3.86. The predicted molar refractivity (Wildman–Crippen MR) is 115 cm³/mol. The van der Waals surface area contributed by atoms with Crippen LogP contribution in [0.1, 0.15) is 5.56 Å². The van der Waals surface area contributed by atoms with Gasteiger partial charge >= 0.3 is 0 Å². The monoisotopic (exact) mass is 408 g/mol. The van der Waals surface area contributed by atoms with Crippen LogP contribution in [0.25, 0.3) is 22.3 Å². The maximum Gasteiger partial charge on any atom is 0.163 e. The smallest absolute Gasteiger partial charge is 0.163 e. The molecule has 0 saturated carbocycles. The third-order valence-electron chi connectivity index (χ3n) is 4.19. The van der Waals surface area contributed by atoms with Crippen molar-refractivity contribution in [2.75, 3.05) is 11.6 Å². The minimum Gasteiger partial charge on any atom is -0.340 e. The van der Waals surface area contributed by atoms with Crippen LogP contribution in [0.15, 0.2) is 67.0 Å². The zero-order valence-electron chi connectivity index (χ0n) is 15.1. The highest BCUT2D eigenvalue weighted by atomic mass is 35.5. The summed E-state index contributed by atoms with van der Waals surface area (Å²) in [5, 5.41) is 4.88. The number of nitrogens with one attached hydrogen (secondary N) is 1. The Kier molecular flexibility index (Phi) is 5.32. The summed E-state index contributed by atoms with van der Waals surface area (Å²) < 4.78 is 11.6. The molecule has 1 unspecified atom stereocenters. The second-order valence-electron chi connectivity index (χ2n) is 6.30. The predicted octanol–water partition coefficient (Wildman–Crippen LogP) is 4.97. The molecule has 7 heteroatoms. The Bertz CT molecular complexity index is 1170. The molecule has 0 aliphatic carbocycles. The summed E-state index contributed by atoms with van der Waals surface area (Å²) in [6.07, 6.45) is 5.12. The number of fused-ring (bicyclic) bond motifs is 1. The van der Waals surface area contributed by atoms with Gasteiger partial charge in [0, 0.05) is 56.9 Å². The maximum atomic E-state index is 11.6. The molecule has 0 amide bonds. The normalized spacial score (nSPS) is 12.1. The van der Waals surface area contributed by atoms with Crippen molar-refractivity contribution in [1.29, 1.82) is 0 Å². The van der Waals surface area contributed by atoms with Crippen molar-refractivity contribution < 1.29 is 4.21 Å². The molecule has 1 N–H and O–H groups in total. The van der Waals surface area contributed by atoms with Crippen molar-refractivity contribution in [3.63, 3.8) is 0 Å². The molecule has 1 atom stereocenters. The van der Waals surface area contributed by atoms with E-state index in [0.29, 0.717) is 22.4 Å². The molecule has 0 radical (unpaired) electrons. The quantitative estimate of drug-likeness (QED) is 0.505. The van der Waals surface area contributed by atoms with E-state index in [1.54, 1.807) is 24.7 Å². The van der Waals surface area contributed by atoms with Gasteiger partial charge in [-0.05, 0) is 48.0 Å². The van der Waals surface area contributed by atoms with Gasteiger partial charge in [0.25, 0.3) is 0 Å². The highest BCUT2D eigenvalue weighted by molar-refractivity contribution is 7.83. The van der Waals surface area contributed by atoms with Crippen LogP contribution in [-0.2, 0) is 16.6 Å². The molecular formula is C21H17ClN4OS. The standard InChI is InChI=1S/C21H17ClN4OS/c1-28(27)13-15-11-16(8-9-18(15)22)24-21-17-6-2-3-7-19(17)25-20(26-21)14-5-4-10-23-12-14/h2-12H,13H2,1H3,(H,24,25,26). The summed E-state index contributed by atoms with van der Waals surface area (Å²) in [4.78, 5) is 13.6. The van der Waals surface area contributed by atoms with Gasteiger partial charge < -0.3 is 5.32 Å². The lowest BCUT2D eigenvalue weighted by atomic mass is 10.2. The van der Waals surface area contributed by atoms with Crippen LogP contribution < -0.4 is 5.32 Å². The van der Waals surface area contributed by atoms with Crippen LogP contribution in [0.2, 0.25) is 5.02 Å². The Balaban J connectivity index is 1.79. The first-order valence-corrected chi connectivity index (χ1v) is 10.7. The minimum atomic E-state index is -0.977. The van der Waals surface area contributed by atoms with Crippen LogP contribution in [0.4, 0.5) is 11.5 Å². The lowest BCUT2D eigenvalue weighted by Crippen LogP contribution is -2.01. The van der Waals surface area contributed by atoms with E-state index >= 15 is 0 Å². The summed E-state index contributed by atoms with van der Waals surface area (Å²) in [7, 11) is -0.977. The molecule has 0 aliphatic heterocycles. The Morgan fingerprint density at radius 1 is 1.07 bits per heavy atom. The van der Waals surface area contributed by atoms with Gasteiger partial charge in [-0.3, -0.25) is 9.19 Å². The molecule has 0 aliphatic rings. The number of rotatable bonds is 5. The third-order valence-corrected chi connectivity index (χ3v) is 5.28. The number of aromatic nitrogens is 3. The third kappa shape index (κ3) is 4.03. The topological polar surface area (TPSA) is 67.8 Å². The summed E-state index contributed by atoms with van der Waals surface area (Å²) in [6.45, 7) is 0. The van der Waals surface area contributed by atoms with E-state index in [-0.39, 0.29) is 0 Å². The van der Waals surface area contributed by atoms with Crippen molar-refractivity contribution in [2.45, 2.75) is 5.75 Å². The number of nitrogens with zero attached hydrogens (tertiary/aromatic N) is 3. The van der Waals surface area contributed by atoms with E-state index in [1.807, 2.05) is 48.5 Å². The lowest BCUT2D eigenvalue weighted by Gasteiger charge is -2.12. The summed E-state index contributed by atoms with van der Waals surface area (Å²) >= 11 is 6.25. The lowest BCUT2D eigenvalue weighted by molar-refractivity contribution is 0.686. The van der Waals surface area contributed by atoms with Crippen molar-refractivity contribution in [3.05, 3.63) is 77.6 Å². The van der Waals surface area contributed by atoms with Gasteiger partial charge in [-0.15, -0.1) is 0 Å². The molecule has 28 heavy (non-hydrogen) atoms. The number of hydrogen-bond donors (Lipinski definition) is 1. The summed E-state index contributed by atoms with van der Waals surface area (Å²) in [5.41, 5.74) is 3.33. The molecular weight excluding hydrogens is 392 g/mol. The second-order valence-corrected chi connectivity index (χ2v) is 8.15. The fourth-order valence-electron chi connectivity index (χ4n) is 2.91. The zero-order valence-corrected chi connectivity index (χ0v) is 16.7. The first-order chi connectivity index (χ1) is 13.6. The van der Waals surface area contributed by atoms with Crippen LogP contribution in [0.3, 0.4) is 0 Å². The molecule has 140 valence electrons. The number of halogens is 1. The van der Waals surface area contributed by atoms with Gasteiger partial charge in [-0.25, -0.2) is 9.97 Å². The van der Waals surface area contributed by atoms with Gasteiger partial charge in [0.1, 0.15) is 5.82 Å². The summed E-state index contributed by atoms with van der Waals surface area (Å²) in [6, 6.07) is 17.2. The van der Waals surface area contributed by atoms with Gasteiger partial charge in [-0.1, -0.05) is 23.7 Å². The molecule has 0 saturated heterocycles. The van der Waals surface area contributed by atoms with Crippen molar-refractivity contribution in [3.8, 4) is 11.4 Å². The van der Waals surface area contributed by atoms with Crippen molar-refractivity contribution >= 4 is 44.8 Å². The zero-order chi connectivity index (χ0) is 19.5. The van der Waals surface area contributed by atoms with Gasteiger partial charge in [-0.2, -0.15) is 0 Å². The van der Waals surface area contributed by atoms with Crippen molar-refractivity contribution in [2.24, 2.45) is 0 Å². The number of hydrogen-bond acceptors (Lipinski definition) is 5. The molecule has 0 bridgehead atoms. The van der Waals surface area contributed by atoms with Crippen LogP contribution in [-0.4, -0.2) is 25.4 Å². The Hall–Kier alpha value is -2.83. The Morgan fingerprint density at radius 2 is 1.93 bits per heavy atom. The molecule has 2 heterocycles. The van der Waals surface area contributed by atoms with Gasteiger partial charge in [0.05, 0.1) is 5.52 Å². The van der Waals surface area contributed by atoms with E-state index in [1.165, 1.54) is 0 Å². The Labute approximate surface area is 170 Å². The fraction of sp³-hybridized carbons (Fsp3) is 0.0952. The molecule has 0 spiro atoms. The summed E-state index contributed by atoms with van der Waals surface area (Å²) in [5.74, 6) is 1.69. The van der Waals surface area contributed by atoms with E-state index in [2.05, 4.69) is 15.3 Å². The van der Waals surface area contributed by atoms with E-state index in [4.69, 9.17) is 16.6 Å². The van der Waals surface area contributed by atoms with E-state index in [9.17, 15) is 4.21 Å². The largest absolute Gasteiger partial charge is 0.340 e. The molecule has 2 aromatic carbocycles. The first kappa shape index (κ1) is 18.5. The van der Waals surface area contributed by atoms with Gasteiger partial charge in [0.15, 0.2) is 5.82 Å². The molecule has 5 nitrogen and oxygen atoms in total. The van der Waals surface area contributed by atoms with Crippen LogP contribution in [0.5, 0.6) is 0 Å². The van der Waals surface area contributed by atoms with Gasteiger partial charge in [0.2, 0.25) is 0 Å². The van der Waals surface area contributed by atoms with E-state index in [0.717, 1.165) is 27.7 Å². The average molecular weight is 409 g/mol. The van der Waals surface area contributed by atoms with Crippen LogP contribution in [0, 0.1) is 0 Å². The Morgan fingerprint density at radius 3 is 2.71 bits per heavy atom. The van der Waals surface area contributed by atoms with Crippen LogP contribution >= 0.6 is 11.6 Å². The second kappa shape index (κ2) is 8.04. The molecule has 2 aromatic heterocycles. The number of para-hydroxylation sites is 1. The molecule has 0 fully saturated rings. The maximum absolute atomic E-state index is 11.6. The number of pyridine rings is 1. The highest BCUT2D eigenvalue weighted by Gasteiger charge is 2.11. The van der Waals surface area contributed by atoms with E-state index < -0.39 is 10.8 Å². The first-order valence-electron chi connectivity index (χ1n) is 8.63. The average Bonchev–Trinajstić information content (AvgIpc) is 2.71. The number of benzene rings is 2. The molecule has 4 aromatic rings. The highest BCUT2D eigenvalue weighted by Crippen LogP contribution is 2.29. The SMILES string of the molecule is CS(=O)Cc1cc(Nc2nc(-c3cccnc3)nc3ccccc23)ccc1Cl. The van der Waals surface area contributed by atoms with Crippen molar-refractivity contribution in [1.82, 2.24) is 15.0 Å².